The van der Waals surface area contributed by atoms with Crippen LogP contribution in [0.1, 0.15) is 30.6 Å². The third kappa shape index (κ3) is 3.98. The smallest absolute Gasteiger partial charge is 0.329 e. The van der Waals surface area contributed by atoms with E-state index >= 15 is 0 Å². The molecule has 0 saturated carbocycles. The molecule has 0 bridgehead atoms. The zero-order valence-corrected chi connectivity index (χ0v) is 12.5. The molecule has 120 valence electrons. The number of benzene rings is 1. The van der Waals surface area contributed by atoms with Gasteiger partial charge in [-0.1, -0.05) is 12.1 Å². The molecule has 1 fully saturated rings. The van der Waals surface area contributed by atoms with Gasteiger partial charge >= 0.3 is 5.97 Å². The molecule has 2 heterocycles. The lowest BCUT2D eigenvalue weighted by atomic mass is 10.0. The molecule has 1 N–H and O–H groups in total. The Balaban J connectivity index is 1.78. The van der Waals surface area contributed by atoms with Crippen molar-refractivity contribution < 1.29 is 23.8 Å². The summed E-state index contributed by atoms with van der Waals surface area (Å²) in [4.78, 5) is 14.9. The first-order valence-corrected chi connectivity index (χ1v) is 7.44. The number of hydrogen-bond donors (Lipinski definition) is 1. The number of carboxylic acid groups (broad SMARTS) is 1. The summed E-state index contributed by atoms with van der Waals surface area (Å²) in [5, 5.41) is 9.04. The van der Waals surface area contributed by atoms with E-state index < -0.39 is 5.97 Å². The van der Waals surface area contributed by atoms with E-state index in [1.54, 1.807) is 24.3 Å². The van der Waals surface area contributed by atoms with Gasteiger partial charge in [0.25, 0.3) is 0 Å². The van der Waals surface area contributed by atoms with E-state index in [-0.39, 0.29) is 6.29 Å². The lowest BCUT2D eigenvalue weighted by molar-refractivity contribution is -0.131. The summed E-state index contributed by atoms with van der Waals surface area (Å²) >= 11 is 0. The second-order valence-corrected chi connectivity index (χ2v) is 5.20. The van der Waals surface area contributed by atoms with Crippen LogP contribution in [0, 0.1) is 0 Å². The molecule has 1 aliphatic rings. The Bertz CT molecular complexity index is 670. The first kappa shape index (κ1) is 15.3. The molecule has 1 aromatic heterocycles. The van der Waals surface area contributed by atoms with Crippen LogP contribution in [-0.2, 0) is 9.53 Å². The maximum absolute atomic E-state index is 11.0. The van der Waals surface area contributed by atoms with E-state index in [0.29, 0.717) is 22.6 Å². The second-order valence-electron chi connectivity index (χ2n) is 5.20. The molecular formula is C17H17NO5. The molecule has 0 aliphatic carbocycles. The molecule has 1 aromatic carbocycles. The Labute approximate surface area is 133 Å². The van der Waals surface area contributed by atoms with Crippen molar-refractivity contribution in [1.82, 2.24) is 4.98 Å². The van der Waals surface area contributed by atoms with E-state index in [1.807, 2.05) is 0 Å². The molecular weight excluding hydrogens is 298 g/mol. The van der Waals surface area contributed by atoms with Gasteiger partial charge in [-0.25, -0.2) is 9.78 Å². The third-order valence-electron chi connectivity index (χ3n) is 3.54. The molecule has 23 heavy (non-hydrogen) atoms. The average Bonchev–Trinajstić information content (AvgIpc) is 3.08. The molecule has 2 aromatic rings. The number of oxazole rings is 1. The van der Waals surface area contributed by atoms with Crippen molar-refractivity contribution >= 4 is 11.5 Å². The first-order valence-electron chi connectivity index (χ1n) is 7.44. The number of nitrogens with zero attached hydrogens (tertiary/aromatic N) is 1. The van der Waals surface area contributed by atoms with Crippen LogP contribution in [0.4, 0.5) is 0 Å². The minimum atomic E-state index is -1.05. The van der Waals surface area contributed by atoms with E-state index in [2.05, 4.69) is 4.98 Å². The minimum absolute atomic E-state index is 0.210. The maximum atomic E-state index is 11.0. The molecule has 0 radical (unpaired) electrons. The highest BCUT2D eigenvalue weighted by Gasteiger charge is 2.16. The van der Waals surface area contributed by atoms with Crippen LogP contribution >= 0.6 is 0 Å². The zero-order valence-electron chi connectivity index (χ0n) is 12.5. The van der Waals surface area contributed by atoms with Gasteiger partial charge in [-0.3, -0.25) is 0 Å². The molecule has 3 rings (SSSR count). The largest absolute Gasteiger partial charge is 0.478 e. The van der Waals surface area contributed by atoms with Gasteiger partial charge in [0, 0.05) is 18.1 Å². The monoisotopic (exact) mass is 315 g/mol. The topological polar surface area (TPSA) is 81.8 Å². The van der Waals surface area contributed by atoms with Gasteiger partial charge < -0.3 is 19.0 Å². The summed E-state index contributed by atoms with van der Waals surface area (Å²) in [7, 11) is 0. The number of hydrogen-bond acceptors (Lipinski definition) is 5. The normalized spacial score (nSPS) is 18.6. The molecule has 1 atom stereocenters. The van der Waals surface area contributed by atoms with Crippen LogP contribution in [-0.4, -0.2) is 29.0 Å². The Hall–Kier alpha value is -2.60. The van der Waals surface area contributed by atoms with Crippen LogP contribution in [0.3, 0.4) is 0 Å². The highest BCUT2D eigenvalue weighted by molar-refractivity contribution is 5.94. The lowest BCUT2D eigenvalue weighted by Crippen LogP contribution is -2.24. The van der Waals surface area contributed by atoms with Gasteiger partial charge in [0.15, 0.2) is 18.4 Å². The summed E-state index contributed by atoms with van der Waals surface area (Å²) in [6.45, 7) is 0.722. The van der Waals surface area contributed by atoms with Gasteiger partial charge in [0.2, 0.25) is 0 Å². The predicted octanol–water partition coefficient (Wildman–Crippen LogP) is 3.10. The fraction of sp³-hybridized carbons (Fsp3) is 0.294. The Morgan fingerprint density at radius 3 is 2.74 bits per heavy atom. The van der Waals surface area contributed by atoms with E-state index in [1.165, 1.54) is 12.6 Å². The first-order chi connectivity index (χ1) is 11.2. The number of ether oxygens (including phenoxy) is 2. The number of carboxylic acids is 1. The van der Waals surface area contributed by atoms with Crippen LogP contribution in [0.2, 0.25) is 0 Å². The Morgan fingerprint density at radius 1 is 1.30 bits per heavy atom. The van der Waals surface area contributed by atoms with Crippen molar-refractivity contribution in [2.45, 2.75) is 25.6 Å². The van der Waals surface area contributed by atoms with Crippen molar-refractivity contribution in [3.8, 4) is 5.75 Å². The van der Waals surface area contributed by atoms with Gasteiger partial charge in [0.1, 0.15) is 5.75 Å². The Kier molecular flexibility index (Phi) is 4.73. The highest BCUT2D eigenvalue weighted by Crippen LogP contribution is 2.26. The summed E-state index contributed by atoms with van der Waals surface area (Å²) in [6, 6.07) is 7.16. The third-order valence-corrected chi connectivity index (χ3v) is 3.54. The van der Waals surface area contributed by atoms with E-state index in [4.69, 9.17) is 19.0 Å². The molecule has 6 heteroatoms. The summed E-state index contributed by atoms with van der Waals surface area (Å²) in [6.07, 6.45) is 6.68. The molecule has 6 nitrogen and oxygen atoms in total. The zero-order chi connectivity index (χ0) is 16.1. The summed E-state index contributed by atoms with van der Waals surface area (Å²) in [5.74, 6) is 0.0388. The Morgan fingerprint density at radius 2 is 2.13 bits per heavy atom. The fourth-order valence-electron chi connectivity index (χ4n) is 2.44. The van der Waals surface area contributed by atoms with Gasteiger partial charge in [-0.05, 0) is 30.5 Å². The molecule has 1 saturated heterocycles. The van der Waals surface area contributed by atoms with Crippen molar-refractivity contribution in [2.24, 2.45) is 0 Å². The lowest BCUT2D eigenvalue weighted by Gasteiger charge is -2.23. The number of aromatic nitrogens is 1. The quantitative estimate of drug-likeness (QED) is 0.854. The second kappa shape index (κ2) is 7.11. The van der Waals surface area contributed by atoms with E-state index in [9.17, 15) is 4.79 Å². The number of rotatable bonds is 5. The molecule has 1 aliphatic heterocycles. The van der Waals surface area contributed by atoms with Crippen molar-refractivity contribution in [1.29, 1.82) is 0 Å². The predicted molar refractivity (Wildman–Crippen MR) is 81.9 cm³/mol. The van der Waals surface area contributed by atoms with Gasteiger partial charge in [0.05, 0.1) is 12.8 Å². The van der Waals surface area contributed by atoms with Crippen LogP contribution < -0.4 is 4.74 Å². The maximum Gasteiger partial charge on any atom is 0.329 e. The summed E-state index contributed by atoms with van der Waals surface area (Å²) < 4.78 is 16.5. The van der Waals surface area contributed by atoms with Gasteiger partial charge in [-0.15, -0.1) is 0 Å². The minimum Gasteiger partial charge on any atom is -0.478 e. The van der Waals surface area contributed by atoms with Crippen LogP contribution in [0.5, 0.6) is 5.75 Å². The molecule has 1 unspecified atom stereocenters. The van der Waals surface area contributed by atoms with Crippen molar-refractivity contribution in [2.75, 3.05) is 6.61 Å². The molecule has 0 spiro atoms. The SMILES string of the molecule is O=C(O)C=C(c1ccc(OC2CCCCO2)cc1)c1cnco1. The van der Waals surface area contributed by atoms with Crippen molar-refractivity contribution in [3.63, 3.8) is 0 Å². The van der Waals surface area contributed by atoms with Crippen molar-refractivity contribution in [3.05, 3.63) is 54.3 Å². The molecule has 0 amide bonds. The van der Waals surface area contributed by atoms with Gasteiger partial charge in [-0.2, -0.15) is 0 Å². The average molecular weight is 315 g/mol. The number of aliphatic carboxylic acids is 1. The standard InChI is InChI=1S/C17H17NO5/c19-16(20)9-14(15-10-18-11-22-15)12-4-6-13(7-5-12)23-17-3-1-2-8-21-17/h4-7,9-11,17H,1-3,8H2,(H,19,20). The van der Waals surface area contributed by atoms with Crippen LogP contribution in [0.25, 0.3) is 5.57 Å². The highest BCUT2D eigenvalue weighted by atomic mass is 16.7. The fourth-order valence-corrected chi connectivity index (χ4v) is 2.44. The van der Waals surface area contributed by atoms with Crippen LogP contribution in [0.15, 0.2) is 47.3 Å². The number of carbonyl (C=O) groups is 1. The summed E-state index contributed by atoms with van der Waals surface area (Å²) in [5.41, 5.74) is 1.16. The van der Waals surface area contributed by atoms with E-state index in [0.717, 1.165) is 31.9 Å².